The van der Waals surface area contributed by atoms with Crippen LogP contribution in [0.3, 0.4) is 0 Å². The number of carbonyl (C=O) groups is 3. The van der Waals surface area contributed by atoms with Gasteiger partial charge in [0.25, 0.3) is 0 Å². The Morgan fingerprint density at radius 2 is 1.46 bits per heavy atom. The maximum Gasteiger partial charge on any atom is 0.307 e. The highest BCUT2D eigenvalue weighted by Gasteiger charge is 2.31. The van der Waals surface area contributed by atoms with Gasteiger partial charge in [-0.1, -0.05) is 59.3 Å². The van der Waals surface area contributed by atoms with Crippen LogP contribution in [0.15, 0.2) is 0 Å². The number of nitrogens with two attached hydrogens (primary N) is 1. The monoisotopic (exact) mass is 505 g/mol. The van der Waals surface area contributed by atoms with Crippen molar-refractivity contribution in [3.8, 4) is 0 Å². The molecule has 0 amide bonds. The molecule has 0 aliphatic rings. The molecule has 0 saturated carbocycles. The Hall–Kier alpha value is -1.75. The summed E-state index contributed by atoms with van der Waals surface area (Å²) in [6, 6.07) is 0. The van der Waals surface area contributed by atoms with Crippen LogP contribution in [0.25, 0.3) is 0 Å². The second kappa shape index (κ2) is 18.5. The summed E-state index contributed by atoms with van der Waals surface area (Å²) in [6.45, 7) is 5.91. The van der Waals surface area contributed by atoms with Gasteiger partial charge < -0.3 is 36.0 Å². The van der Waals surface area contributed by atoms with Gasteiger partial charge in [-0.05, 0) is 24.7 Å². The lowest BCUT2D eigenvalue weighted by Crippen LogP contribution is -2.38. The van der Waals surface area contributed by atoms with E-state index in [0.29, 0.717) is 19.3 Å². The highest BCUT2D eigenvalue weighted by Crippen LogP contribution is 2.24. The molecule has 0 heterocycles. The van der Waals surface area contributed by atoms with Gasteiger partial charge in [-0.15, -0.1) is 0 Å². The van der Waals surface area contributed by atoms with Gasteiger partial charge in [0, 0.05) is 13.0 Å². The van der Waals surface area contributed by atoms with Crippen LogP contribution in [0, 0.1) is 17.8 Å². The molecule has 0 spiro atoms. The summed E-state index contributed by atoms with van der Waals surface area (Å²) in [7, 11) is 0. The average Bonchev–Trinajstić information content (AvgIpc) is 2.78. The van der Waals surface area contributed by atoms with Crippen LogP contribution in [-0.2, 0) is 19.1 Å². The second-order valence-electron chi connectivity index (χ2n) is 9.85. The molecule has 35 heavy (non-hydrogen) atoms. The van der Waals surface area contributed by atoms with Crippen LogP contribution in [0.2, 0.25) is 0 Å². The van der Waals surface area contributed by atoms with Crippen LogP contribution >= 0.6 is 0 Å². The Bertz CT molecular complexity index is 616. The van der Waals surface area contributed by atoms with Crippen LogP contribution in [0.4, 0.5) is 0 Å². The van der Waals surface area contributed by atoms with Gasteiger partial charge in [-0.25, -0.2) is 0 Å². The average molecular weight is 506 g/mol. The van der Waals surface area contributed by atoms with Crippen molar-refractivity contribution >= 4 is 17.9 Å². The number of carboxylic acid groups (broad SMARTS) is 2. The highest BCUT2D eigenvalue weighted by atomic mass is 16.6. The molecule has 206 valence electrons. The van der Waals surface area contributed by atoms with E-state index in [-0.39, 0.29) is 24.8 Å². The normalized spacial score (nSPS) is 17.6. The molecule has 0 aromatic carbocycles. The van der Waals surface area contributed by atoms with Crippen molar-refractivity contribution in [2.45, 2.75) is 116 Å². The molecule has 0 aromatic heterocycles. The molecular weight excluding hydrogens is 458 g/mol. The fourth-order valence-corrected chi connectivity index (χ4v) is 4.01. The molecule has 7 N–H and O–H groups in total. The zero-order valence-corrected chi connectivity index (χ0v) is 21.5. The van der Waals surface area contributed by atoms with Crippen molar-refractivity contribution < 1.29 is 44.7 Å². The predicted octanol–water partition coefficient (Wildman–Crippen LogP) is 2.31. The highest BCUT2D eigenvalue weighted by molar-refractivity contribution is 5.82. The first-order chi connectivity index (χ1) is 16.4. The summed E-state index contributed by atoms with van der Waals surface area (Å²) in [6.07, 6.45) is 2.37. The second-order valence-corrected chi connectivity index (χ2v) is 9.85. The summed E-state index contributed by atoms with van der Waals surface area (Å²) in [5, 5.41) is 48.1. The van der Waals surface area contributed by atoms with Crippen LogP contribution in [0.5, 0.6) is 0 Å². The molecule has 0 fully saturated rings. The van der Waals surface area contributed by atoms with E-state index in [1.54, 1.807) is 0 Å². The van der Waals surface area contributed by atoms with E-state index < -0.39 is 61.1 Å². The minimum Gasteiger partial charge on any atom is -0.481 e. The summed E-state index contributed by atoms with van der Waals surface area (Å²) >= 11 is 0. The fraction of sp³-hybridized carbons (Fsp3) is 0.880. The van der Waals surface area contributed by atoms with E-state index in [1.165, 1.54) is 0 Å². The third-order valence-corrected chi connectivity index (χ3v) is 6.51. The summed E-state index contributed by atoms with van der Waals surface area (Å²) in [5.74, 6) is -4.87. The first kappa shape index (κ1) is 33.2. The van der Waals surface area contributed by atoms with Gasteiger partial charge in [0.1, 0.15) is 6.10 Å². The van der Waals surface area contributed by atoms with E-state index in [0.717, 1.165) is 32.1 Å². The number of hydrogen-bond acceptors (Lipinski definition) is 8. The van der Waals surface area contributed by atoms with Crippen molar-refractivity contribution in [1.82, 2.24) is 0 Å². The zero-order valence-electron chi connectivity index (χ0n) is 21.5. The van der Waals surface area contributed by atoms with Crippen LogP contribution in [-0.4, -0.2) is 74.4 Å². The summed E-state index contributed by atoms with van der Waals surface area (Å²) in [4.78, 5) is 34.5. The number of aliphatic carboxylic acids is 2. The number of esters is 1. The number of carboxylic acids is 2. The van der Waals surface area contributed by atoms with Gasteiger partial charge >= 0.3 is 17.9 Å². The lowest BCUT2D eigenvalue weighted by Gasteiger charge is -2.29. The third-order valence-electron chi connectivity index (χ3n) is 6.51. The number of carbonyl (C=O) groups excluding carboxylic acids is 1. The number of unbranched alkanes of at least 4 members (excludes halogenated alkanes) is 3. The SMILES string of the molecule is CCC(C)C(O)C(CC(C)CCCCCCC(O)CC(O)CN)OC(=O)CC(CC(=O)O)C(=O)O. The van der Waals surface area contributed by atoms with Crippen molar-refractivity contribution in [2.75, 3.05) is 6.54 Å². The van der Waals surface area contributed by atoms with Gasteiger partial charge in [-0.3, -0.25) is 14.4 Å². The van der Waals surface area contributed by atoms with Gasteiger partial charge in [0.2, 0.25) is 0 Å². The molecule has 0 rings (SSSR count). The molecule has 7 atom stereocenters. The van der Waals surface area contributed by atoms with Gasteiger partial charge in [0.15, 0.2) is 0 Å². The zero-order chi connectivity index (χ0) is 27.0. The van der Waals surface area contributed by atoms with Gasteiger partial charge in [-0.2, -0.15) is 0 Å². The fourth-order valence-electron chi connectivity index (χ4n) is 4.01. The third kappa shape index (κ3) is 15.8. The summed E-state index contributed by atoms with van der Waals surface area (Å²) in [5.41, 5.74) is 5.35. The number of hydrogen-bond donors (Lipinski definition) is 6. The Morgan fingerprint density at radius 3 is 1.97 bits per heavy atom. The van der Waals surface area contributed by atoms with Crippen molar-refractivity contribution in [1.29, 1.82) is 0 Å². The standard InChI is InChI=1S/C25H47NO9/c1-4-17(3)24(32)21(35-23(31)13-18(25(33)34)12-22(29)30)11-16(2)9-7-5-6-8-10-19(27)14-20(28)15-26/h16-21,24,27-28,32H,4-15,26H2,1-3H3,(H,29,30)(H,33,34). The molecule has 7 unspecified atom stereocenters. The Morgan fingerprint density at radius 1 is 0.857 bits per heavy atom. The molecule has 10 heteroatoms. The Labute approximate surface area is 208 Å². The van der Waals surface area contributed by atoms with Gasteiger partial charge in [0.05, 0.1) is 37.1 Å². The lowest BCUT2D eigenvalue weighted by atomic mass is 9.89. The largest absolute Gasteiger partial charge is 0.481 e. The van der Waals surface area contributed by atoms with E-state index in [1.807, 2.05) is 20.8 Å². The molecule has 0 aliphatic carbocycles. The molecule has 0 aliphatic heterocycles. The molecule has 10 nitrogen and oxygen atoms in total. The minimum absolute atomic E-state index is 0.126. The maximum atomic E-state index is 12.4. The van der Waals surface area contributed by atoms with E-state index in [9.17, 15) is 34.8 Å². The number of ether oxygens (including phenoxy) is 1. The molecule has 0 aromatic rings. The summed E-state index contributed by atoms with van der Waals surface area (Å²) < 4.78 is 5.48. The van der Waals surface area contributed by atoms with E-state index in [4.69, 9.17) is 15.6 Å². The van der Waals surface area contributed by atoms with Crippen molar-refractivity contribution in [2.24, 2.45) is 23.5 Å². The number of aliphatic hydroxyl groups excluding tert-OH is 3. The number of aliphatic hydroxyl groups is 3. The molecule has 0 bridgehead atoms. The Kier molecular flexibility index (Phi) is 17.6. The predicted molar refractivity (Wildman–Crippen MR) is 131 cm³/mol. The molecular formula is C25H47NO9. The Balaban J connectivity index is 4.65. The first-order valence-electron chi connectivity index (χ1n) is 12.8. The first-order valence-corrected chi connectivity index (χ1v) is 12.8. The van der Waals surface area contributed by atoms with Crippen molar-refractivity contribution in [3.63, 3.8) is 0 Å². The molecule has 0 saturated heterocycles. The topological polar surface area (TPSA) is 188 Å². The number of rotatable bonds is 21. The molecule has 0 radical (unpaired) electrons. The van der Waals surface area contributed by atoms with E-state index in [2.05, 4.69) is 0 Å². The quantitative estimate of drug-likeness (QED) is 0.0997. The maximum absolute atomic E-state index is 12.4. The van der Waals surface area contributed by atoms with Crippen LogP contribution in [0.1, 0.15) is 91.4 Å². The van der Waals surface area contributed by atoms with E-state index >= 15 is 0 Å². The van der Waals surface area contributed by atoms with Crippen molar-refractivity contribution in [3.05, 3.63) is 0 Å². The smallest absolute Gasteiger partial charge is 0.307 e. The lowest BCUT2D eigenvalue weighted by molar-refractivity contribution is -0.163. The van der Waals surface area contributed by atoms with Crippen LogP contribution < -0.4 is 5.73 Å². The minimum atomic E-state index is -1.38.